The third-order valence-corrected chi connectivity index (χ3v) is 5.55. The van der Waals surface area contributed by atoms with E-state index in [1.807, 2.05) is 29.2 Å². The van der Waals surface area contributed by atoms with Crippen LogP contribution in [-0.4, -0.2) is 61.4 Å². The van der Waals surface area contributed by atoms with Gasteiger partial charge in [-0.2, -0.15) is 5.10 Å². The lowest BCUT2D eigenvalue weighted by molar-refractivity contribution is -0.126. The van der Waals surface area contributed by atoms with Gasteiger partial charge in [-0.3, -0.25) is 4.79 Å². The molecule has 2 aromatic rings. The highest BCUT2D eigenvalue weighted by Crippen LogP contribution is 2.28. The molecule has 0 unspecified atom stereocenters. The molecule has 0 saturated carbocycles. The normalized spacial score (nSPS) is 16.2. The van der Waals surface area contributed by atoms with Gasteiger partial charge >= 0.3 is 0 Å². The van der Waals surface area contributed by atoms with E-state index in [1.165, 1.54) is 12.0 Å². The summed E-state index contributed by atoms with van der Waals surface area (Å²) < 4.78 is 10.6. The highest BCUT2D eigenvalue weighted by molar-refractivity contribution is 5.92. The number of aryl methyl sites for hydroxylation is 2. The maximum absolute atomic E-state index is 12.6. The highest BCUT2D eigenvalue weighted by Gasteiger charge is 2.22. The van der Waals surface area contributed by atoms with Crippen molar-refractivity contribution in [3.8, 4) is 11.5 Å². The van der Waals surface area contributed by atoms with Crippen molar-refractivity contribution in [3.63, 3.8) is 0 Å². The number of rotatable bonds is 5. The molecule has 2 aliphatic rings. The minimum atomic E-state index is 0.0134. The zero-order valence-electron chi connectivity index (χ0n) is 16.9. The molecule has 0 atom stereocenters. The molecule has 2 heterocycles. The third-order valence-electron chi connectivity index (χ3n) is 5.55. The summed E-state index contributed by atoms with van der Waals surface area (Å²) in [4.78, 5) is 16.7. The molecule has 1 aromatic heterocycles. The van der Waals surface area contributed by atoms with Crippen LogP contribution in [0.1, 0.15) is 23.2 Å². The van der Waals surface area contributed by atoms with E-state index in [4.69, 9.17) is 9.47 Å². The Bertz CT molecular complexity index is 920. The number of amides is 1. The minimum Gasteiger partial charge on any atom is -0.493 e. The van der Waals surface area contributed by atoms with Gasteiger partial charge in [0.25, 0.3) is 0 Å². The molecule has 1 fully saturated rings. The fourth-order valence-electron chi connectivity index (χ4n) is 3.86. The predicted octanol–water partition coefficient (Wildman–Crippen LogP) is 2.34. The van der Waals surface area contributed by atoms with Gasteiger partial charge in [-0.05, 0) is 54.7 Å². The summed E-state index contributed by atoms with van der Waals surface area (Å²) in [7, 11) is 3.20. The van der Waals surface area contributed by atoms with Gasteiger partial charge in [0, 0.05) is 32.3 Å². The van der Waals surface area contributed by atoms with Crippen LogP contribution in [0.15, 0.2) is 30.3 Å². The van der Waals surface area contributed by atoms with Crippen molar-refractivity contribution in [3.05, 3.63) is 47.2 Å². The van der Waals surface area contributed by atoms with Gasteiger partial charge in [0.1, 0.15) is 0 Å². The second-order valence-corrected chi connectivity index (χ2v) is 7.29. The number of fused-ring (bicyclic) bond motifs is 1. The first kappa shape index (κ1) is 19.2. The molecule has 4 rings (SSSR count). The first-order valence-corrected chi connectivity index (χ1v) is 9.97. The predicted molar refractivity (Wildman–Crippen MR) is 111 cm³/mol. The maximum atomic E-state index is 12.6. The van der Waals surface area contributed by atoms with Crippen LogP contribution in [-0.2, 0) is 17.6 Å². The Hall–Kier alpha value is -3.09. The van der Waals surface area contributed by atoms with Gasteiger partial charge < -0.3 is 19.3 Å². The van der Waals surface area contributed by atoms with Crippen molar-refractivity contribution in [1.29, 1.82) is 0 Å². The molecule has 0 N–H and O–H groups in total. The van der Waals surface area contributed by atoms with E-state index in [9.17, 15) is 4.79 Å². The second-order valence-electron chi connectivity index (χ2n) is 7.29. The van der Waals surface area contributed by atoms with Crippen molar-refractivity contribution < 1.29 is 14.3 Å². The van der Waals surface area contributed by atoms with E-state index in [0.29, 0.717) is 24.6 Å². The van der Waals surface area contributed by atoms with Crippen molar-refractivity contribution in [1.82, 2.24) is 15.1 Å². The van der Waals surface area contributed by atoms with E-state index in [0.717, 1.165) is 43.0 Å². The van der Waals surface area contributed by atoms with Crippen LogP contribution in [0.4, 0.5) is 5.82 Å². The molecule has 1 aliphatic carbocycles. The molecule has 1 aromatic carbocycles. The minimum absolute atomic E-state index is 0.0134. The molecule has 1 saturated heterocycles. The average Bonchev–Trinajstić information content (AvgIpc) is 3.25. The molecule has 7 nitrogen and oxygen atoms in total. The molecule has 152 valence electrons. The Kier molecular flexibility index (Phi) is 5.64. The number of hydrogen-bond donors (Lipinski definition) is 0. The van der Waals surface area contributed by atoms with Crippen LogP contribution in [0.2, 0.25) is 0 Å². The monoisotopic (exact) mass is 394 g/mol. The highest BCUT2D eigenvalue weighted by atomic mass is 16.5. The van der Waals surface area contributed by atoms with Gasteiger partial charge in [-0.1, -0.05) is 6.07 Å². The Morgan fingerprint density at radius 1 is 1.00 bits per heavy atom. The average molecular weight is 394 g/mol. The number of methoxy groups -OCH3 is 2. The van der Waals surface area contributed by atoms with Crippen LogP contribution in [0.25, 0.3) is 6.08 Å². The maximum Gasteiger partial charge on any atom is 0.246 e. The molecule has 1 amide bonds. The molecule has 1 aliphatic heterocycles. The summed E-state index contributed by atoms with van der Waals surface area (Å²) in [5.41, 5.74) is 3.36. The first-order valence-electron chi connectivity index (χ1n) is 9.97. The van der Waals surface area contributed by atoms with Gasteiger partial charge in [0.15, 0.2) is 17.3 Å². The van der Waals surface area contributed by atoms with Crippen LogP contribution in [0.5, 0.6) is 11.5 Å². The Morgan fingerprint density at radius 3 is 2.55 bits per heavy atom. The number of anilines is 1. The van der Waals surface area contributed by atoms with Crippen molar-refractivity contribution >= 4 is 17.8 Å². The van der Waals surface area contributed by atoms with E-state index in [1.54, 1.807) is 20.3 Å². The molecule has 29 heavy (non-hydrogen) atoms. The second kappa shape index (κ2) is 8.51. The van der Waals surface area contributed by atoms with E-state index >= 15 is 0 Å². The van der Waals surface area contributed by atoms with Gasteiger partial charge in [-0.25, -0.2) is 0 Å². The summed E-state index contributed by atoms with van der Waals surface area (Å²) in [6, 6.07) is 7.76. The standard InChI is InChI=1S/C22H26N4O3/c1-28-19-8-6-16(14-20(19)29-2)7-9-22(27)26-12-10-25(11-13-26)21-15-17-4-3-5-18(17)23-24-21/h6-9,14-15H,3-5,10-13H2,1-2H3/b9-7+. The number of hydrogen-bond acceptors (Lipinski definition) is 6. The van der Waals surface area contributed by atoms with Gasteiger partial charge in [0.05, 0.1) is 19.9 Å². The number of ether oxygens (including phenoxy) is 2. The van der Waals surface area contributed by atoms with Gasteiger partial charge in [0.2, 0.25) is 5.91 Å². The topological polar surface area (TPSA) is 67.8 Å². The third kappa shape index (κ3) is 4.18. The molecule has 0 bridgehead atoms. The van der Waals surface area contributed by atoms with Gasteiger partial charge in [-0.15, -0.1) is 5.10 Å². The summed E-state index contributed by atoms with van der Waals surface area (Å²) in [5.74, 6) is 2.26. The molecule has 0 radical (unpaired) electrons. The lowest BCUT2D eigenvalue weighted by Gasteiger charge is -2.34. The largest absolute Gasteiger partial charge is 0.493 e. The Balaban J connectivity index is 1.35. The first-order chi connectivity index (χ1) is 14.2. The van der Waals surface area contributed by atoms with Crippen LogP contribution in [0, 0.1) is 0 Å². The molecule has 0 spiro atoms. The zero-order valence-corrected chi connectivity index (χ0v) is 16.9. The van der Waals surface area contributed by atoms with Crippen LogP contribution >= 0.6 is 0 Å². The number of benzene rings is 1. The number of nitrogens with zero attached hydrogens (tertiary/aromatic N) is 4. The molecular formula is C22H26N4O3. The lowest BCUT2D eigenvalue weighted by Crippen LogP contribution is -2.48. The van der Waals surface area contributed by atoms with Crippen molar-refractivity contribution in [2.45, 2.75) is 19.3 Å². The quantitative estimate of drug-likeness (QED) is 0.725. The van der Waals surface area contributed by atoms with E-state index in [2.05, 4.69) is 21.2 Å². The van der Waals surface area contributed by atoms with Crippen molar-refractivity contribution in [2.24, 2.45) is 0 Å². The van der Waals surface area contributed by atoms with E-state index < -0.39 is 0 Å². The zero-order chi connectivity index (χ0) is 20.2. The summed E-state index contributed by atoms with van der Waals surface area (Å²) >= 11 is 0. The fraction of sp³-hybridized carbons (Fsp3) is 0.409. The SMILES string of the molecule is COc1ccc(/C=C/C(=O)N2CCN(c3cc4c(nn3)CCC4)CC2)cc1OC. The number of piperazine rings is 1. The fourth-order valence-corrected chi connectivity index (χ4v) is 3.86. The van der Waals surface area contributed by atoms with Crippen LogP contribution in [0.3, 0.4) is 0 Å². The number of carbonyl (C=O) groups is 1. The molecule has 7 heteroatoms. The van der Waals surface area contributed by atoms with Crippen LogP contribution < -0.4 is 14.4 Å². The summed E-state index contributed by atoms with van der Waals surface area (Å²) in [6.07, 6.45) is 6.73. The van der Waals surface area contributed by atoms with E-state index in [-0.39, 0.29) is 5.91 Å². The smallest absolute Gasteiger partial charge is 0.246 e. The number of carbonyl (C=O) groups excluding carboxylic acids is 1. The lowest BCUT2D eigenvalue weighted by atomic mass is 10.2. The Labute approximate surface area is 170 Å². The Morgan fingerprint density at radius 2 is 1.79 bits per heavy atom. The summed E-state index contributed by atoms with van der Waals surface area (Å²) in [5, 5.41) is 8.76. The number of aromatic nitrogens is 2. The molecular weight excluding hydrogens is 368 g/mol. The summed E-state index contributed by atoms with van der Waals surface area (Å²) in [6.45, 7) is 2.88. The van der Waals surface area contributed by atoms with Crippen molar-refractivity contribution in [2.75, 3.05) is 45.3 Å².